The van der Waals surface area contributed by atoms with E-state index in [9.17, 15) is 0 Å². The molecule has 2 aromatic heterocycles. The molecule has 4 rings (SSSR count). The molecule has 1 saturated carbocycles. The van der Waals surface area contributed by atoms with Gasteiger partial charge in [0.15, 0.2) is 0 Å². The molecule has 2 N–H and O–H groups in total. The minimum Gasteiger partial charge on any atom is -0.399 e. The summed E-state index contributed by atoms with van der Waals surface area (Å²) in [6, 6.07) is 5.97. The van der Waals surface area contributed by atoms with Gasteiger partial charge in [0.2, 0.25) is 0 Å². The minimum absolute atomic E-state index is 0.619. The molecule has 2 heterocycles. The molecular weight excluding hydrogens is 256 g/mol. The van der Waals surface area contributed by atoms with Crippen molar-refractivity contribution < 1.29 is 0 Å². The smallest absolute Gasteiger partial charge is 0.113 e. The van der Waals surface area contributed by atoms with Crippen molar-refractivity contribution in [3.8, 4) is 0 Å². The van der Waals surface area contributed by atoms with Crippen LogP contribution in [0.2, 0.25) is 0 Å². The van der Waals surface area contributed by atoms with E-state index >= 15 is 0 Å². The molecule has 0 amide bonds. The molecule has 0 bridgehead atoms. The summed E-state index contributed by atoms with van der Waals surface area (Å²) in [6.45, 7) is 0.809. The molecule has 4 nitrogen and oxygen atoms in total. The van der Waals surface area contributed by atoms with Crippen molar-refractivity contribution in [3.05, 3.63) is 40.6 Å². The van der Waals surface area contributed by atoms with Gasteiger partial charge in [-0.2, -0.15) is 0 Å². The highest BCUT2D eigenvalue weighted by molar-refractivity contribution is 7.09. The van der Waals surface area contributed by atoms with Crippen LogP contribution in [-0.4, -0.2) is 14.5 Å². The molecule has 5 heteroatoms. The first-order valence-corrected chi connectivity index (χ1v) is 7.33. The SMILES string of the molecule is Nc1ccc2c(c1)nc(C1CC1)n2Cc1nccs1. The highest BCUT2D eigenvalue weighted by atomic mass is 32.1. The van der Waals surface area contributed by atoms with Crippen LogP contribution in [0.3, 0.4) is 0 Å². The van der Waals surface area contributed by atoms with Gasteiger partial charge in [0.25, 0.3) is 0 Å². The number of nitrogens with two attached hydrogens (primary N) is 1. The number of fused-ring (bicyclic) bond motifs is 1. The molecule has 0 atom stereocenters. The number of rotatable bonds is 3. The predicted molar refractivity (Wildman–Crippen MR) is 77.3 cm³/mol. The van der Waals surface area contributed by atoms with E-state index in [1.54, 1.807) is 11.3 Å². The Bertz CT molecular complexity index is 725. The fourth-order valence-electron chi connectivity index (χ4n) is 2.45. The van der Waals surface area contributed by atoms with Gasteiger partial charge in [-0.05, 0) is 31.0 Å². The van der Waals surface area contributed by atoms with E-state index in [0.717, 1.165) is 28.3 Å². The molecular formula is C14H14N4S. The lowest BCUT2D eigenvalue weighted by Gasteiger charge is -2.06. The van der Waals surface area contributed by atoms with E-state index in [1.807, 2.05) is 23.7 Å². The van der Waals surface area contributed by atoms with E-state index < -0.39 is 0 Å². The van der Waals surface area contributed by atoms with Crippen molar-refractivity contribution in [2.24, 2.45) is 0 Å². The van der Waals surface area contributed by atoms with Crippen LogP contribution in [0.1, 0.15) is 29.6 Å². The fourth-order valence-corrected chi connectivity index (χ4v) is 3.06. The fraction of sp³-hybridized carbons (Fsp3) is 0.286. The number of hydrogen-bond donors (Lipinski definition) is 1. The molecule has 19 heavy (non-hydrogen) atoms. The molecule has 96 valence electrons. The van der Waals surface area contributed by atoms with Crippen LogP contribution >= 0.6 is 11.3 Å². The lowest BCUT2D eigenvalue weighted by atomic mass is 10.3. The molecule has 0 spiro atoms. The molecule has 1 aromatic carbocycles. The van der Waals surface area contributed by atoms with Gasteiger partial charge in [-0.25, -0.2) is 9.97 Å². The van der Waals surface area contributed by atoms with Crippen molar-refractivity contribution in [3.63, 3.8) is 0 Å². The predicted octanol–water partition coefficient (Wildman–Crippen LogP) is 3.00. The van der Waals surface area contributed by atoms with E-state index in [-0.39, 0.29) is 0 Å². The summed E-state index contributed by atoms with van der Waals surface area (Å²) in [5.74, 6) is 1.81. The maximum Gasteiger partial charge on any atom is 0.113 e. The Morgan fingerprint density at radius 1 is 1.37 bits per heavy atom. The number of aromatic nitrogens is 3. The number of nitrogens with zero attached hydrogens (tertiary/aromatic N) is 3. The van der Waals surface area contributed by atoms with Crippen LogP contribution in [-0.2, 0) is 6.54 Å². The van der Waals surface area contributed by atoms with Gasteiger partial charge in [-0.1, -0.05) is 0 Å². The third kappa shape index (κ3) is 1.90. The molecule has 0 radical (unpaired) electrons. The lowest BCUT2D eigenvalue weighted by molar-refractivity contribution is 0.742. The van der Waals surface area contributed by atoms with Crippen LogP contribution in [0.5, 0.6) is 0 Å². The molecule has 1 aliphatic carbocycles. The van der Waals surface area contributed by atoms with Crippen molar-refractivity contribution in [1.82, 2.24) is 14.5 Å². The number of nitrogen functional groups attached to an aromatic ring is 1. The number of benzene rings is 1. The van der Waals surface area contributed by atoms with Crippen LogP contribution in [0.15, 0.2) is 29.8 Å². The zero-order valence-electron chi connectivity index (χ0n) is 10.4. The van der Waals surface area contributed by atoms with Crippen molar-refractivity contribution in [2.45, 2.75) is 25.3 Å². The number of thiazole rings is 1. The third-order valence-electron chi connectivity index (χ3n) is 3.52. The van der Waals surface area contributed by atoms with Gasteiger partial charge < -0.3 is 10.3 Å². The van der Waals surface area contributed by atoms with Crippen LogP contribution in [0, 0.1) is 0 Å². The average molecular weight is 270 g/mol. The van der Waals surface area contributed by atoms with E-state index in [0.29, 0.717) is 5.92 Å². The Hall–Kier alpha value is -1.88. The largest absolute Gasteiger partial charge is 0.399 e. The van der Waals surface area contributed by atoms with Gasteiger partial charge in [0.05, 0.1) is 17.6 Å². The number of hydrogen-bond acceptors (Lipinski definition) is 4. The van der Waals surface area contributed by atoms with Gasteiger partial charge in [0.1, 0.15) is 10.8 Å². The Balaban J connectivity index is 1.87. The summed E-state index contributed by atoms with van der Waals surface area (Å²) >= 11 is 1.69. The standard InChI is InChI=1S/C14H14N4S/c15-10-3-4-12-11(7-10)17-14(9-1-2-9)18(12)8-13-16-5-6-19-13/h3-7,9H,1-2,8,15H2. The quantitative estimate of drug-likeness (QED) is 0.744. The van der Waals surface area contributed by atoms with Crippen LogP contribution in [0.4, 0.5) is 5.69 Å². The first kappa shape index (κ1) is 11.0. The van der Waals surface area contributed by atoms with Gasteiger partial charge in [-0.3, -0.25) is 0 Å². The van der Waals surface area contributed by atoms with E-state index in [1.165, 1.54) is 18.7 Å². The monoisotopic (exact) mass is 270 g/mol. The lowest BCUT2D eigenvalue weighted by Crippen LogP contribution is -2.03. The Labute approximate surface area is 114 Å². The van der Waals surface area contributed by atoms with Gasteiger partial charge >= 0.3 is 0 Å². The molecule has 0 unspecified atom stereocenters. The third-order valence-corrected chi connectivity index (χ3v) is 4.29. The zero-order valence-corrected chi connectivity index (χ0v) is 11.2. The second kappa shape index (κ2) is 4.06. The Morgan fingerprint density at radius 2 is 2.26 bits per heavy atom. The summed E-state index contributed by atoms with van der Waals surface area (Å²) in [5.41, 5.74) is 8.78. The molecule has 1 aliphatic rings. The second-order valence-corrected chi connectivity index (χ2v) is 5.98. The number of anilines is 1. The van der Waals surface area contributed by atoms with E-state index in [4.69, 9.17) is 10.7 Å². The highest BCUT2D eigenvalue weighted by Crippen LogP contribution is 2.41. The van der Waals surface area contributed by atoms with Crippen LogP contribution < -0.4 is 5.73 Å². The summed E-state index contributed by atoms with van der Waals surface area (Å²) in [5, 5.41) is 3.14. The van der Waals surface area contributed by atoms with Crippen LogP contribution in [0.25, 0.3) is 11.0 Å². The summed E-state index contributed by atoms with van der Waals surface area (Å²) < 4.78 is 2.30. The summed E-state index contributed by atoms with van der Waals surface area (Å²) in [4.78, 5) is 9.16. The van der Waals surface area contributed by atoms with Gasteiger partial charge in [0, 0.05) is 23.2 Å². The first-order chi connectivity index (χ1) is 9.31. The molecule has 1 fully saturated rings. The Kier molecular flexibility index (Phi) is 2.35. The average Bonchev–Trinajstić information content (AvgIpc) is 3.00. The molecule has 0 saturated heterocycles. The first-order valence-electron chi connectivity index (χ1n) is 6.45. The molecule has 0 aliphatic heterocycles. The normalized spacial score (nSPS) is 15.2. The Morgan fingerprint density at radius 3 is 3.00 bits per heavy atom. The van der Waals surface area contributed by atoms with Crippen molar-refractivity contribution in [2.75, 3.05) is 5.73 Å². The molecule has 3 aromatic rings. The topological polar surface area (TPSA) is 56.7 Å². The minimum atomic E-state index is 0.619. The van der Waals surface area contributed by atoms with Crippen molar-refractivity contribution >= 4 is 28.1 Å². The van der Waals surface area contributed by atoms with E-state index in [2.05, 4.69) is 15.6 Å². The second-order valence-electron chi connectivity index (χ2n) is 5.00. The highest BCUT2D eigenvalue weighted by Gasteiger charge is 2.29. The number of imidazole rings is 1. The van der Waals surface area contributed by atoms with Crippen molar-refractivity contribution in [1.29, 1.82) is 0 Å². The zero-order chi connectivity index (χ0) is 12.8. The maximum absolute atomic E-state index is 5.85. The summed E-state index contributed by atoms with van der Waals surface area (Å²) in [6.07, 6.45) is 4.35. The van der Waals surface area contributed by atoms with Gasteiger partial charge in [-0.15, -0.1) is 11.3 Å². The maximum atomic E-state index is 5.85. The summed E-state index contributed by atoms with van der Waals surface area (Å²) in [7, 11) is 0.